The van der Waals surface area contributed by atoms with Gasteiger partial charge in [-0.2, -0.15) is 0 Å². The van der Waals surface area contributed by atoms with Gasteiger partial charge in [0.2, 0.25) is 0 Å². The van der Waals surface area contributed by atoms with Gasteiger partial charge in [0.15, 0.2) is 0 Å². The Kier molecular flexibility index (Phi) is 5.34. The van der Waals surface area contributed by atoms with Crippen molar-refractivity contribution in [3.8, 4) is 0 Å². The molecular formula is C16H26N2O. The number of hydrogen-bond acceptors (Lipinski definition) is 3. The van der Waals surface area contributed by atoms with Crippen molar-refractivity contribution in [3.05, 3.63) is 29.6 Å². The molecule has 0 fully saturated rings. The van der Waals surface area contributed by atoms with Crippen molar-refractivity contribution in [2.45, 2.75) is 45.1 Å². The van der Waals surface area contributed by atoms with Crippen LogP contribution in [0.15, 0.2) is 18.3 Å². The zero-order valence-electron chi connectivity index (χ0n) is 12.4. The predicted octanol–water partition coefficient (Wildman–Crippen LogP) is 2.76. The molecule has 3 unspecified atom stereocenters. The number of likely N-dealkylation sites (N-methyl/N-ethyl adjacent to an activating group) is 1. The molecule has 0 radical (unpaired) electrons. The molecule has 0 spiro atoms. The standard InChI is InChI=1S/C16H26N2O/c1-4-17-15(10-12(2)11-19-3)14-8-7-13-6-5-9-18-16(13)14/h5-6,9,12,14-15,17H,4,7-8,10-11H2,1-3H3. The van der Waals surface area contributed by atoms with Gasteiger partial charge in [0.05, 0.1) is 0 Å². The van der Waals surface area contributed by atoms with Gasteiger partial charge in [0.1, 0.15) is 0 Å². The Hall–Kier alpha value is -0.930. The highest BCUT2D eigenvalue weighted by atomic mass is 16.5. The second kappa shape index (κ2) is 7.01. The van der Waals surface area contributed by atoms with Gasteiger partial charge in [-0.3, -0.25) is 4.98 Å². The zero-order valence-corrected chi connectivity index (χ0v) is 12.4. The molecule has 0 bridgehead atoms. The van der Waals surface area contributed by atoms with Gasteiger partial charge in [-0.1, -0.05) is 19.9 Å². The quantitative estimate of drug-likeness (QED) is 0.820. The van der Waals surface area contributed by atoms with E-state index in [9.17, 15) is 0 Å². The van der Waals surface area contributed by atoms with Crippen molar-refractivity contribution < 1.29 is 4.74 Å². The van der Waals surface area contributed by atoms with E-state index in [1.807, 2.05) is 6.20 Å². The second-order valence-corrected chi connectivity index (χ2v) is 5.65. The topological polar surface area (TPSA) is 34.1 Å². The third-order valence-electron chi connectivity index (χ3n) is 4.06. The Morgan fingerprint density at radius 2 is 2.37 bits per heavy atom. The predicted molar refractivity (Wildman–Crippen MR) is 78.4 cm³/mol. The van der Waals surface area contributed by atoms with Gasteiger partial charge < -0.3 is 10.1 Å². The molecule has 1 aromatic rings. The molecule has 1 heterocycles. The number of nitrogens with zero attached hydrogens (tertiary/aromatic N) is 1. The lowest BCUT2D eigenvalue weighted by atomic mass is 9.89. The van der Waals surface area contributed by atoms with Gasteiger partial charge in [0.25, 0.3) is 0 Å². The van der Waals surface area contributed by atoms with Crippen molar-refractivity contribution in [1.82, 2.24) is 10.3 Å². The van der Waals surface area contributed by atoms with Crippen molar-refractivity contribution in [1.29, 1.82) is 0 Å². The summed E-state index contributed by atoms with van der Waals surface area (Å²) in [4.78, 5) is 4.63. The lowest BCUT2D eigenvalue weighted by Gasteiger charge is -2.27. The number of hydrogen-bond donors (Lipinski definition) is 1. The maximum atomic E-state index is 5.27. The SMILES string of the molecule is CCNC(CC(C)COC)C1CCc2cccnc21. The summed E-state index contributed by atoms with van der Waals surface area (Å²) in [6.07, 6.45) is 5.49. The van der Waals surface area contributed by atoms with Crippen LogP contribution in [-0.2, 0) is 11.2 Å². The van der Waals surface area contributed by atoms with Crippen LogP contribution in [0, 0.1) is 5.92 Å². The lowest BCUT2D eigenvalue weighted by Crippen LogP contribution is -2.36. The number of pyridine rings is 1. The Morgan fingerprint density at radius 3 is 3.11 bits per heavy atom. The monoisotopic (exact) mass is 262 g/mol. The molecule has 1 aliphatic rings. The van der Waals surface area contributed by atoms with E-state index in [-0.39, 0.29) is 0 Å². The summed E-state index contributed by atoms with van der Waals surface area (Å²) in [5.74, 6) is 1.15. The number of rotatable bonds is 7. The van der Waals surface area contributed by atoms with Crippen molar-refractivity contribution >= 4 is 0 Å². The average Bonchev–Trinajstić information content (AvgIpc) is 2.82. The third-order valence-corrected chi connectivity index (χ3v) is 4.06. The third kappa shape index (κ3) is 3.54. The van der Waals surface area contributed by atoms with E-state index < -0.39 is 0 Å². The molecule has 2 rings (SSSR count). The van der Waals surface area contributed by atoms with Crippen LogP contribution in [0.2, 0.25) is 0 Å². The highest BCUT2D eigenvalue weighted by Crippen LogP contribution is 2.35. The molecule has 0 aliphatic heterocycles. The van der Waals surface area contributed by atoms with E-state index in [0.717, 1.165) is 19.6 Å². The van der Waals surface area contributed by atoms with Gasteiger partial charge in [0, 0.05) is 37.6 Å². The van der Waals surface area contributed by atoms with E-state index in [2.05, 4.69) is 36.3 Å². The van der Waals surface area contributed by atoms with Gasteiger partial charge in [-0.25, -0.2) is 0 Å². The van der Waals surface area contributed by atoms with Gasteiger partial charge >= 0.3 is 0 Å². The number of aryl methyl sites for hydroxylation is 1. The van der Waals surface area contributed by atoms with Crippen molar-refractivity contribution in [2.75, 3.05) is 20.3 Å². The summed E-state index contributed by atoms with van der Waals surface area (Å²) in [7, 11) is 1.78. The Morgan fingerprint density at radius 1 is 1.53 bits per heavy atom. The molecule has 1 aliphatic carbocycles. The molecule has 3 nitrogen and oxygen atoms in total. The molecule has 0 aromatic carbocycles. The first-order valence-electron chi connectivity index (χ1n) is 7.42. The maximum absolute atomic E-state index is 5.27. The first-order valence-corrected chi connectivity index (χ1v) is 7.42. The summed E-state index contributed by atoms with van der Waals surface area (Å²) in [6.45, 7) is 6.30. The number of aromatic nitrogens is 1. The largest absolute Gasteiger partial charge is 0.384 e. The van der Waals surface area contributed by atoms with Crippen LogP contribution in [0.5, 0.6) is 0 Å². The van der Waals surface area contributed by atoms with Gasteiger partial charge in [-0.15, -0.1) is 0 Å². The van der Waals surface area contributed by atoms with Crippen LogP contribution in [0.1, 0.15) is 43.9 Å². The summed E-state index contributed by atoms with van der Waals surface area (Å²) < 4.78 is 5.27. The minimum Gasteiger partial charge on any atom is -0.384 e. The molecule has 1 aromatic heterocycles. The fourth-order valence-electron chi connectivity index (χ4n) is 3.27. The van der Waals surface area contributed by atoms with E-state index in [1.165, 1.54) is 24.1 Å². The van der Waals surface area contributed by atoms with E-state index in [1.54, 1.807) is 7.11 Å². The summed E-state index contributed by atoms with van der Waals surface area (Å²) >= 11 is 0. The van der Waals surface area contributed by atoms with Crippen LogP contribution in [0.3, 0.4) is 0 Å². The first-order chi connectivity index (χ1) is 9.26. The van der Waals surface area contributed by atoms with Crippen LogP contribution >= 0.6 is 0 Å². The maximum Gasteiger partial charge on any atom is 0.0488 e. The highest BCUT2D eigenvalue weighted by molar-refractivity contribution is 5.30. The molecule has 0 amide bonds. The Bertz CT molecular complexity index is 394. The molecule has 106 valence electrons. The highest BCUT2D eigenvalue weighted by Gasteiger charge is 2.31. The lowest BCUT2D eigenvalue weighted by molar-refractivity contribution is 0.146. The summed E-state index contributed by atoms with van der Waals surface area (Å²) in [5.41, 5.74) is 2.76. The zero-order chi connectivity index (χ0) is 13.7. The summed E-state index contributed by atoms with van der Waals surface area (Å²) in [6, 6.07) is 4.80. The van der Waals surface area contributed by atoms with Crippen LogP contribution in [-0.4, -0.2) is 31.3 Å². The number of nitrogens with one attached hydrogen (secondary N) is 1. The number of ether oxygens (including phenoxy) is 1. The van der Waals surface area contributed by atoms with Crippen LogP contribution in [0.25, 0.3) is 0 Å². The smallest absolute Gasteiger partial charge is 0.0488 e. The molecule has 3 heteroatoms. The second-order valence-electron chi connectivity index (χ2n) is 5.65. The molecular weight excluding hydrogens is 236 g/mol. The molecule has 0 saturated carbocycles. The molecule has 1 N–H and O–H groups in total. The minimum atomic E-state index is 0.520. The van der Waals surface area contributed by atoms with E-state index in [4.69, 9.17) is 4.74 Å². The van der Waals surface area contributed by atoms with Crippen molar-refractivity contribution in [3.63, 3.8) is 0 Å². The van der Waals surface area contributed by atoms with Crippen molar-refractivity contribution in [2.24, 2.45) is 5.92 Å². The Labute approximate surface area is 116 Å². The number of methoxy groups -OCH3 is 1. The minimum absolute atomic E-state index is 0.520. The molecule has 3 atom stereocenters. The fourth-order valence-corrected chi connectivity index (χ4v) is 3.27. The van der Waals surface area contributed by atoms with Crippen LogP contribution in [0.4, 0.5) is 0 Å². The molecule has 19 heavy (non-hydrogen) atoms. The Balaban J connectivity index is 2.07. The first kappa shape index (κ1) is 14.5. The summed E-state index contributed by atoms with van der Waals surface area (Å²) in [5, 5.41) is 3.66. The fraction of sp³-hybridized carbons (Fsp3) is 0.688. The molecule has 0 saturated heterocycles. The normalized spacial score (nSPS) is 21.1. The number of fused-ring (bicyclic) bond motifs is 1. The van der Waals surface area contributed by atoms with E-state index >= 15 is 0 Å². The van der Waals surface area contributed by atoms with Gasteiger partial charge in [-0.05, 0) is 43.4 Å². The van der Waals surface area contributed by atoms with E-state index in [0.29, 0.717) is 17.9 Å². The van der Waals surface area contributed by atoms with Crippen LogP contribution < -0.4 is 5.32 Å². The average molecular weight is 262 g/mol.